The van der Waals surface area contributed by atoms with Gasteiger partial charge in [-0.3, -0.25) is 0 Å². The molecule has 0 aliphatic carbocycles. The molecule has 1 N–H and O–H groups in total. The van der Waals surface area contributed by atoms with Crippen LogP contribution in [0.25, 0.3) is 0 Å². The van der Waals surface area contributed by atoms with Crippen LogP contribution in [0.15, 0.2) is 58.8 Å². The van der Waals surface area contributed by atoms with E-state index < -0.39 is 17.5 Å². The maximum absolute atomic E-state index is 12.6. The van der Waals surface area contributed by atoms with Crippen LogP contribution in [0.5, 0.6) is 5.75 Å². The summed E-state index contributed by atoms with van der Waals surface area (Å²) in [6.45, 7) is 0. The molecule has 0 atom stereocenters. The fourth-order valence-electron chi connectivity index (χ4n) is 1.42. The Bertz CT molecular complexity index is 595. The fourth-order valence-corrected chi connectivity index (χ4v) is 1.42. The molecule has 0 unspecified atom stereocenters. The zero-order chi connectivity index (χ0) is 13.9. The van der Waals surface area contributed by atoms with Gasteiger partial charge in [0, 0.05) is 0 Å². The Morgan fingerprint density at radius 2 is 1.47 bits per heavy atom. The predicted octanol–water partition coefficient (Wildman–Crippen LogP) is 4.83. The molecule has 0 saturated heterocycles. The van der Waals surface area contributed by atoms with Crippen LogP contribution >= 0.6 is 0 Å². The average molecular weight is 266 g/mol. The molecule has 3 nitrogen and oxygen atoms in total. The average Bonchev–Trinajstić information content (AvgIpc) is 2.37. The van der Waals surface area contributed by atoms with Crippen LogP contribution in [0.1, 0.15) is 5.56 Å². The number of halogens is 3. The molecule has 0 heterocycles. The first kappa shape index (κ1) is 13.1. The van der Waals surface area contributed by atoms with E-state index in [1.165, 1.54) is 6.07 Å². The van der Waals surface area contributed by atoms with Crippen LogP contribution in [0.2, 0.25) is 0 Å². The monoisotopic (exact) mass is 266 g/mol. The lowest BCUT2D eigenvalue weighted by atomic mass is 10.2. The quantitative estimate of drug-likeness (QED) is 0.777. The first-order valence-corrected chi connectivity index (χ1v) is 5.34. The van der Waals surface area contributed by atoms with Gasteiger partial charge in [0.2, 0.25) is 0 Å². The van der Waals surface area contributed by atoms with E-state index in [1.54, 1.807) is 30.3 Å². The van der Waals surface area contributed by atoms with Gasteiger partial charge in [0.25, 0.3) is 0 Å². The Hall–Kier alpha value is -2.37. The van der Waals surface area contributed by atoms with Crippen molar-refractivity contribution in [2.24, 2.45) is 10.2 Å². The lowest BCUT2D eigenvalue weighted by Gasteiger charge is -2.08. The number of aromatic hydroxyl groups is 1. The molecule has 2 rings (SSSR count). The van der Waals surface area contributed by atoms with Gasteiger partial charge in [0.15, 0.2) is 0 Å². The van der Waals surface area contributed by atoms with E-state index >= 15 is 0 Å². The van der Waals surface area contributed by atoms with Crippen molar-refractivity contribution in [3.8, 4) is 5.75 Å². The minimum Gasteiger partial charge on any atom is -0.507 e. The van der Waals surface area contributed by atoms with Crippen molar-refractivity contribution in [3.63, 3.8) is 0 Å². The molecule has 0 bridgehead atoms. The Kier molecular flexibility index (Phi) is 3.50. The Labute approximate surface area is 107 Å². The van der Waals surface area contributed by atoms with E-state index in [4.69, 9.17) is 5.11 Å². The van der Waals surface area contributed by atoms with Crippen LogP contribution in [-0.4, -0.2) is 5.11 Å². The molecule has 98 valence electrons. The zero-order valence-electron chi connectivity index (χ0n) is 9.59. The summed E-state index contributed by atoms with van der Waals surface area (Å²) in [5.74, 6) is -0.828. The zero-order valence-corrected chi connectivity index (χ0v) is 9.59. The van der Waals surface area contributed by atoms with Crippen molar-refractivity contribution in [1.29, 1.82) is 0 Å². The first-order valence-electron chi connectivity index (χ1n) is 5.34. The minimum absolute atomic E-state index is 0.0222. The Balaban J connectivity index is 2.30. The molecule has 0 aliphatic rings. The number of phenols is 1. The second kappa shape index (κ2) is 5.09. The van der Waals surface area contributed by atoms with E-state index in [-0.39, 0.29) is 5.69 Å². The van der Waals surface area contributed by atoms with Crippen LogP contribution in [0.3, 0.4) is 0 Å². The van der Waals surface area contributed by atoms with E-state index in [0.29, 0.717) is 5.69 Å². The summed E-state index contributed by atoms with van der Waals surface area (Å²) >= 11 is 0. The molecule has 0 aliphatic heterocycles. The molecule has 0 spiro atoms. The number of phenolic OH excluding ortho intramolecular Hbond substituents is 1. The van der Waals surface area contributed by atoms with Gasteiger partial charge in [-0.25, -0.2) is 0 Å². The number of benzene rings is 2. The normalized spacial score (nSPS) is 11.9. The van der Waals surface area contributed by atoms with Crippen molar-refractivity contribution in [2.75, 3.05) is 0 Å². The van der Waals surface area contributed by atoms with Crippen molar-refractivity contribution in [2.45, 2.75) is 6.18 Å². The van der Waals surface area contributed by atoms with Gasteiger partial charge in [-0.2, -0.15) is 23.4 Å². The van der Waals surface area contributed by atoms with Crippen molar-refractivity contribution < 1.29 is 18.3 Å². The fraction of sp³-hybridized carbons (Fsp3) is 0.0769. The van der Waals surface area contributed by atoms with E-state index in [1.807, 2.05) is 0 Å². The highest BCUT2D eigenvalue weighted by Crippen LogP contribution is 2.37. The first-order chi connectivity index (χ1) is 8.97. The molecule has 0 aromatic heterocycles. The summed E-state index contributed by atoms with van der Waals surface area (Å²) in [4.78, 5) is 0. The molecule has 2 aromatic rings. The molecule has 0 saturated carbocycles. The van der Waals surface area contributed by atoms with Gasteiger partial charge >= 0.3 is 6.18 Å². The van der Waals surface area contributed by atoms with E-state index in [0.717, 1.165) is 12.1 Å². The highest BCUT2D eigenvalue weighted by molar-refractivity contribution is 5.48. The summed E-state index contributed by atoms with van der Waals surface area (Å²) in [7, 11) is 0. The number of rotatable bonds is 2. The SMILES string of the molecule is Oc1ccc(N=Nc2ccccc2)cc1C(F)(F)F. The minimum atomic E-state index is -4.62. The molecule has 19 heavy (non-hydrogen) atoms. The Morgan fingerprint density at radius 1 is 0.842 bits per heavy atom. The summed E-state index contributed by atoms with van der Waals surface area (Å²) in [5, 5.41) is 16.7. The molecule has 0 amide bonds. The van der Waals surface area contributed by atoms with Crippen LogP contribution < -0.4 is 0 Å². The third kappa shape index (κ3) is 3.31. The highest BCUT2D eigenvalue weighted by atomic mass is 19.4. The van der Waals surface area contributed by atoms with Crippen LogP contribution in [0.4, 0.5) is 24.5 Å². The van der Waals surface area contributed by atoms with Gasteiger partial charge in [-0.05, 0) is 30.3 Å². The number of azo groups is 1. The molecular weight excluding hydrogens is 257 g/mol. The van der Waals surface area contributed by atoms with Gasteiger partial charge in [-0.15, -0.1) is 0 Å². The summed E-state index contributed by atoms with van der Waals surface area (Å²) in [6.07, 6.45) is -4.62. The van der Waals surface area contributed by atoms with E-state index in [2.05, 4.69) is 10.2 Å². The maximum Gasteiger partial charge on any atom is 0.420 e. The lowest BCUT2D eigenvalue weighted by Crippen LogP contribution is -2.04. The Morgan fingerprint density at radius 3 is 2.11 bits per heavy atom. The smallest absolute Gasteiger partial charge is 0.420 e. The van der Waals surface area contributed by atoms with Crippen molar-refractivity contribution in [3.05, 3.63) is 54.1 Å². The number of hydrogen-bond acceptors (Lipinski definition) is 3. The largest absolute Gasteiger partial charge is 0.507 e. The number of hydrogen-bond donors (Lipinski definition) is 1. The summed E-state index contributed by atoms with van der Waals surface area (Å²) in [6, 6.07) is 11.6. The van der Waals surface area contributed by atoms with Crippen molar-refractivity contribution >= 4 is 11.4 Å². The van der Waals surface area contributed by atoms with Gasteiger partial charge in [-0.1, -0.05) is 18.2 Å². The highest BCUT2D eigenvalue weighted by Gasteiger charge is 2.34. The van der Waals surface area contributed by atoms with Gasteiger partial charge < -0.3 is 5.11 Å². The second-order valence-electron chi connectivity index (χ2n) is 3.73. The maximum atomic E-state index is 12.6. The third-order valence-corrected chi connectivity index (χ3v) is 2.32. The summed E-state index contributed by atoms with van der Waals surface area (Å²) in [5.41, 5.74) is -0.574. The number of alkyl halides is 3. The molecular formula is C13H9F3N2O. The third-order valence-electron chi connectivity index (χ3n) is 2.32. The second-order valence-corrected chi connectivity index (χ2v) is 3.73. The molecule has 6 heteroatoms. The number of nitrogens with zero attached hydrogens (tertiary/aromatic N) is 2. The topological polar surface area (TPSA) is 45.0 Å². The lowest BCUT2D eigenvalue weighted by molar-refractivity contribution is -0.138. The van der Waals surface area contributed by atoms with E-state index in [9.17, 15) is 13.2 Å². The summed E-state index contributed by atoms with van der Waals surface area (Å²) < 4.78 is 37.7. The molecule has 0 fully saturated rings. The van der Waals surface area contributed by atoms with Crippen LogP contribution in [-0.2, 0) is 6.18 Å². The van der Waals surface area contributed by atoms with Crippen molar-refractivity contribution in [1.82, 2.24) is 0 Å². The molecule has 0 radical (unpaired) electrons. The van der Waals surface area contributed by atoms with Gasteiger partial charge in [0.05, 0.1) is 16.9 Å². The molecule has 2 aromatic carbocycles. The van der Waals surface area contributed by atoms with Crippen LogP contribution in [0, 0.1) is 0 Å². The standard InChI is InChI=1S/C13H9F3N2O/c14-13(15,16)11-8-10(6-7-12(11)19)18-17-9-4-2-1-3-5-9/h1-8,19H. The predicted molar refractivity (Wildman–Crippen MR) is 63.7 cm³/mol. The van der Waals surface area contributed by atoms with Gasteiger partial charge in [0.1, 0.15) is 5.75 Å².